The SMILES string of the molecule is CC[C@H](Sc1nc2ccsc2c(=O)n1Cc1ccccn1)C(=O)Nc1cccc(C)c1. The van der Waals surface area contributed by atoms with Crippen LogP contribution in [0, 0.1) is 6.92 Å². The van der Waals surface area contributed by atoms with Gasteiger partial charge in [-0.1, -0.05) is 36.9 Å². The van der Waals surface area contributed by atoms with E-state index in [1.807, 2.05) is 67.8 Å². The number of carbonyl (C=O) groups is 1. The molecule has 3 heterocycles. The lowest BCUT2D eigenvalue weighted by molar-refractivity contribution is -0.115. The molecule has 0 unspecified atom stereocenters. The summed E-state index contributed by atoms with van der Waals surface area (Å²) in [7, 11) is 0. The van der Waals surface area contributed by atoms with E-state index < -0.39 is 5.25 Å². The zero-order valence-corrected chi connectivity index (χ0v) is 18.9. The van der Waals surface area contributed by atoms with E-state index in [1.165, 1.54) is 23.1 Å². The minimum Gasteiger partial charge on any atom is -0.325 e. The largest absolute Gasteiger partial charge is 0.325 e. The van der Waals surface area contributed by atoms with Crippen LogP contribution in [0.4, 0.5) is 5.69 Å². The number of rotatable bonds is 7. The second-order valence-corrected chi connectivity index (χ2v) is 9.20. The maximum Gasteiger partial charge on any atom is 0.272 e. The monoisotopic (exact) mass is 450 g/mol. The molecule has 1 amide bonds. The zero-order valence-electron chi connectivity index (χ0n) is 17.2. The summed E-state index contributed by atoms with van der Waals surface area (Å²) in [5.74, 6) is -0.109. The summed E-state index contributed by atoms with van der Waals surface area (Å²) in [5.41, 5.74) is 3.15. The van der Waals surface area contributed by atoms with Gasteiger partial charge in [-0.3, -0.25) is 19.1 Å². The highest BCUT2D eigenvalue weighted by molar-refractivity contribution is 8.00. The number of amides is 1. The summed E-state index contributed by atoms with van der Waals surface area (Å²) < 4.78 is 2.23. The Hall–Kier alpha value is -2.97. The van der Waals surface area contributed by atoms with Gasteiger partial charge < -0.3 is 5.32 Å². The van der Waals surface area contributed by atoms with Crippen LogP contribution in [0.25, 0.3) is 10.2 Å². The van der Waals surface area contributed by atoms with Crippen LogP contribution in [-0.4, -0.2) is 25.7 Å². The topological polar surface area (TPSA) is 76.9 Å². The predicted octanol–water partition coefficient (Wildman–Crippen LogP) is 4.72. The molecule has 6 nitrogen and oxygen atoms in total. The van der Waals surface area contributed by atoms with Gasteiger partial charge in [-0.15, -0.1) is 11.3 Å². The van der Waals surface area contributed by atoms with Gasteiger partial charge in [0.15, 0.2) is 5.16 Å². The Morgan fingerprint density at radius 2 is 2.10 bits per heavy atom. The number of thiophene rings is 1. The number of anilines is 1. The van der Waals surface area contributed by atoms with Crippen molar-refractivity contribution in [3.8, 4) is 0 Å². The highest BCUT2D eigenvalue weighted by Gasteiger charge is 2.23. The lowest BCUT2D eigenvalue weighted by Gasteiger charge is -2.17. The van der Waals surface area contributed by atoms with E-state index in [0.29, 0.717) is 28.3 Å². The van der Waals surface area contributed by atoms with Crippen molar-refractivity contribution in [1.29, 1.82) is 0 Å². The quantitative estimate of drug-likeness (QED) is 0.326. The van der Waals surface area contributed by atoms with Crippen LogP contribution >= 0.6 is 23.1 Å². The maximum atomic E-state index is 13.2. The Labute approximate surface area is 188 Å². The van der Waals surface area contributed by atoms with Gasteiger partial charge >= 0.3 is 0 Å². The standard InChI is InChI=1S/C23H22N4O2S2/c1-3-19(21(28)25-16-9-6-7-15(2)13-16)31-23-26-18-10-12-30-20(18)22(29)27(23)14-17-8-4-5-11-24-17/h4-13,19H,3,14H2,1-2H3,(H,25,28)/t19-/m0/s1. The van der Waals surface area contributed by atoms with E-state index in [0.717, 1.165) is 16.9 Å². The molecule has 0 radical (unpaired) electrons. The van der Waals surface area contributed by atoms with Crippen LogP contribution in [0.1, 0.15) is 24.6 Å². The van der Waals surface area contributed by atoms with E-state index in [1.54, 1.807) is 10.8 Å². The fourth-order valence-corrected chi connectivity index (χ4v) is 4.99. The Bertz CT molecular complexity index is 1270. The molecule has 1 aromatic carbocycles. The molecule has 158 valence electrons. The molecule has 0 saturated heterocycles. The van der Waals surface area contributed by atoms with Crippen LogP contribution in [0.15, 0.2) is 70.1 Å². The first-order valence-corrected chi connectivity index (χ1v) is 11.7. The van der Waals surface area contributed by atoms with Crippen molar-refractivity contribution in [2.45, 2.75) is 37.2 Å². The second-order valence-electron chi connectivity index (χ2n) is 7.12. The van der Waals surface area contributed by atoms with Crippen molar-refractivity contribution in [1.82, 2.24) is 14.5 Å². The molecule has 4 aromatic rings. The number of hydrogen-bond acceptors (Lipinski definition) is 6. The number of aryl methyl sites for hydroxylation is 1. The molecule has 0 aliphatic rings. The number of nitrogens with zero attached hydrogens (tertiary/aromatic N) is 3. The number of thioether (sulfide) groups is 1. The van der Waals surface area contributed by atoms with Crippen molar-refractivity contribution in [2.75, 3.05) is 5.32 Å². The molecule has 0 spiro atoms. The van der Waals surface area contributed by atoms with Crippen molar-refractivity contribution >= 4 is 44.9 Å². The van der Waals surface area contributed by atoms with Crippen LogP contribution in [0.5, 0.6) is 0 Å². The highest BCUT2D eigenvalue weighted by atomic mass is 32.2. The molecular formula is C23H22N4O2S2. The lowest BCUT2D eigenvalue weighted by Crippen LogP contribution is -2.28. The van der Waals surface area contributed by atoms with Crippen LogP contribution in [0.2, 0.25) is 0 Å². The van der Waals surface area contributed by atoms with E-state index >= 15 is 0 Å². The number of pyridine rings is 1. The number of fused-ring (bicyclic) bond motifs is 1. The van der Waals surface area contributed by atoms with Crippen molar-refractivity contribution in [2.24, 2.45) is 0 Å². The number of carbonyl (C=O) groups excluding carboxylic acids is 1. The normalized spacial score (nSPS) is 12.1. The van der Waals surface area contributed by atoms with E-state index in [4.69, 9.17) is 4.98 Å². The molecule has 31 heavy (non-hydrogen) atoms. The smallest absolute Gasteiger partial charge is 0.272 e. The Morgan fingerprint density at radius 1 is 1.23 bits per heavy atom. The predicted molar refractivity (Wildman–Crippen MR) is 127 cm³/mol. The van der Waals surface area contributed by atoms with Gasteiger partial charge in [0.25, 0.3) is 5.56 Å². The Kier molecular flexibility index (Phi) is 6.48. The molecule has 1 N–H and O–H groups in total. The molecule has 0 aliphatic heterocycles. The fourth-order valence-electron chi connectivity index (χ4n) is 3.20. The molecule has 4 rings (SSSR count). The van der Waals surface area contributed by atoms with Gasteiger partial charge in [-0.25, -0.2) is 4.98 Å². The van der Waals surface area contributed by atoms with E-state index in [9.17, 15) is 9.59 Å². The van der Waals surface area contributed by atoms with Crippen molar-refractivity contribution < 1.29 is 4.79 Å². The molecule has 1 atom stereocenters. The fraction of sp³-hybridized carbons (Fsp3) is 0.217. The maximum absolute atomic E-state index is 13.2. The lowest BCUT2D eigenvalue weighted by atomic mass is 10.2. The summed E-state index contributed by atoms with van der Waals surface area (Å²) >= 11 is 2.69. The van der Waals surface area contributed by atoms with Gasteiger partial charge in [0.2, 0.25) is 5.91 Å². The molecule has 0 bridgehead atoms. The minimum atomic E-state index is -0.390. The number of hydrogen-bond donors (Lipinski definition) is 1. The Balaban J connectivity index is 1.66. The molecule has 8 heteroatoms. The van der Waals surface area contributed by atoms with Gasteiger partial charge in [0.1, 0.15) is 4.70 Å². The average Bonchev–Trinajstić information content (AvgIpc) is 3.24. The highest BCUT2D eigenvalue weighted by Crippen LogP contribution is 2.27. The Morgan fingerprint density at radius 3 is 2.84 bits per heavy atom. The summed E-state index contributed by atoms with van der Waals surface area (Å²) in [4.78, 5) is 35.2. The third-order valence-electron chi connectivity index (χ3n) is 4.77. The van der Waals surface area contributed by atoms with Crippen molar-refractivity contribution in [3.05, 3.63) is 81.7 Å². The summed E-state index contributed by atoms with van der Waals surface area (Å²) in [6.07, 6.45) is 2.30. The third-order valence-corrected chi connectivity index (χ3v) is 7.02. The first kappa shape index (κ1) is 21.3. The summed E-state index contributed by atoms with van der Waals surface area (Å²) in [5, 5.41) is 4.98. The second kappa shape index (κ2) is 9.45. The average molecular weight is 451 g/mol. The molecule has 3 aromatic heterocycles. The molecule has 0 aliphatic carbocycles. The third kappa shape index (κ3) is 4.86. The van der Waals surface area contributed by atoms with E-state index in [-0.39, 0.29) is 11.5 Å². The van der Waals surface area contributed by atoms with Crippen LogP contribution < -0.4 is 10.9 Å². The molecular weight excluding hydrogens is 428 g/mol. The van der Waals surface area contributed by atoms with Gasteiger partial charge in [-0.05, 0) is 54.6 Å². The van der Waals surface area contributed by atoms with Crippen LogP contribution in [-0.2, 0) is 11.3 Å². The first-order chi connectivity index (χ1) is 15.0. The first-order valence-electron chi connectivity index (χ1n) is 9.97. The van der Waals surface area contributed by atoms with Gasteiger partial charge in [0, 0.05) is 11.9 Å². The number of aromatic nitrogens is 3. The van der Waals surface area contributed by atoms with Gasteiger partial charge in [0.05, 0.1) is 23.0 Å². The van der Waals surface area contributed by atoms with E-state index in [2.05, 4.69) is 10.3 Å². The van der Waals surface area contributed by atoms with Crippen LogP contribution in [0.3, 0.4) is 0 Å². The number of benzene rings is 1. The number of nitrogens with one attached hydrogen (secondary N) is 1. The molecule has 0 saturated carbocycles. The van der Waals surface area contributed by atoms with Gasteiger partial charge in [-0.2, -0.15) is 0 Å². The van der Waals surface area contributed by atoms with Crippen molar-refractivity contribution in [3.63, 3.8) is 0 Å². The summed E-state index contributed by atoms with van der Waals surface area (Å²) in [6.45, 7) is 4.24. The minimum absolute atomic E-state index is 0.109. The zero-order chi connectivity index (χ0) is 21.8. The summed E-state index contributed by atoms with van der Waals surface area (Å²) in [6, 6.07) is 15.1. The molecule has 0 fully saturated rings.